The summed E-state index contributed by atoms with van der Waals surface area (Å²) in [5.74, 6) is 0.131. The van der Waals surface area contributed by atoms with Crippen molar-refractivity contribution in [1.29, 1.82) is 0 Å². The second-order valence-electron chi connectivity index (χ2n) is 3.99. The molecule has 1 atom stereocenters. The van der Waals surface area contributed by atoms with Crippen molar-refractivity contribution in [2.75, 3.05) is 13.7 Å². The van der Waals surface area contributed by atoms with E-state index in [4.69, 9.17) is 15.2 Å². The quantitative estimate of drug-likeness (QED) is 0.820. The van der Waals surface area contributed by atoms with E-state index >= 15 is 0 Å². The Bertz CT molecular complexity index is 409. The molecule has 0 amide bonds. The normalized spacial score (nSPS) is 12.0. The summed E-state index contributed by atoms with van der Waals surface area (Å²) in [6, 6.07) is 5.28. The van der Waals surface area contributed by atoms with E-state index in [0.717, 1.165) is 17.3 Å². The van der Waals surface area contributed by atoms with Gasteiger partial charge < -0.3 is 15.2 Å². The maximum Gasteiger partial charge on any atom is 0.341 e. The molecule has 5 heteroatoms. The fourth-order valence-electron chi connectivity index (χ4n) is 1.56. The van der Waals surface area contributed by atoms with Crippen LogP contribution in [0.5, 0.6) is 5.75 Å². The summed E-state index contributed by atoms with van der Waals surface area (Å²) in [5, 5.41) is 0. The predicted molar refractivity (Wildman–Crippen MR) is 73.9 cm³/mol. The number of esters is 1. The Morgan fingerprint density at radius 2 is 2.22 bits per heavy atom. The highest BCUT2D eigenvalue weighted by molar-refractivity contribution is 9.10. The Morgan fingerprint density at radius 3 is 2.83 bits per heavy atom. The third kappa shape index (κ3) is 4.31. The first kappa shape index (κ1) is 15.0. The van der Waals surface area contributed by atoms with Crippen LogP contribution in [0.2, 0.25) is 0 Å². The van der Waals surface area contributed by atoms with Crippen LogP contribution in [-0.4, -0.2) is 25.7 Å². The van der Waals surface area contributed by atoms with Gasteiger partial charge in [-0.25, -0.2) is 4.79 Å². The van der Waals surface area contributed by atoms with Crippen molar-refractivity contribution >= 4 is 21.9 Å². The molecule has 18 heavy (non-hydrogen) atoms. The molecular formula is C13H18BrNO3. The van der Waals surface area contributed by atoms with Gasteiger partial charge in [-0.15, -0.1) is 0 Å². The topological polar surface area (TPSA) is 61.5 Å². The van der Waals surface area contributed by atoms with Crippen LogP contribution in [0.15, 0.2) is 22.7 Å². The van der Waals surface area contributed by atoms with E-state index in [-0.39, 0.29) is 6.10 Å². The molecule has 0 aliphatic carbocycles. The number of methoxy groups -OCH3 is 1. The lowest BCUT2D eigenvalue weighted by Crippen LogP contribution is -2.16. The van der Waals surface area contributed by atoms with Crippen LogP contribution >= 0.6 is 15.9 Å². The van der Waals surface area contributed by atoms with Gasteiger partial charge in [-0.05, 0) is 44.5 Å². The van der Waals surface area contributed by atoms with Crippen LogP contribution in [0.1, 0.15) is 30.1 Å². The van der Waals surface area contributed by atoms with E-state index < -0.39 is 5.97 Å². The minimum atomic E-state index is -0.405. The van der Waals surface area contributed by atoms with Crippen LogP contribution in [0.3, 0.4) is 0 Å². The molecule has 100 valence electrons. The predicted octanol–water partition coefficient (Wildman–Crippen LogP) is 2.74. The summed E-state index contributed by atoms with van der Waals surface area (Å²) >= 11 is 3.32. The smallest absolute Gasteiger partial charge is 0.341 e. The zero-order chi connectivity index (χ0) is 13.5. The summed E-state index contributed by atoms with van der Waals surface area (Å²) in [6.45, 7) is 2.59. The molecule has 0 saturated heterocycles. The minimum absolute atomic E-state index is 0.0122. The van der Waals surface area contributed by atoms with Gasteiger partial charge in [-0.1, -0.05) is 15.9 Å². The van der Waals surface area contributed by atoms with Gasteiger partial charge in [0.25, 0.3) is 0 Å². The molecule has 4 nitrogen and oxygen atoms in total. The molecule has 0 fully saturated rings. The Labute approximate surface area is 116 Å². The van der Waals surface area contributed by atoms with Crippen LogP contribution < -0.4 is 10.5 Å². The van der Waals surface area contributed by atoms with E-state index in [1.807, 2.05) is 13.0 Å². The first-order valence-corrected chi connectivity index (χ1v) is 6.62. The lowest BCUT2D eigenvalue weighted by Gasteiger charge is -2.16. The molecule has 0 aliphatic heterocycles. The number of hydrogen-bond acceptors (Lipinski definition) is 4. The number of rotatable bonds is 6. The van der Waals surface area contributed by atoms with Gasteiger partial charge in [0.05, 0.1) is 13.2 Å². The molecule has 0 spiro atoms. The number of halogens is 1. The minimum Gasteiger partial charge on any atom is -0.490 e. The third-order valence-electron chi connectivity index (χ3n) is 2.49. The van der Waals surface area contributed by atoms with E-state index in [1.165, 1.54) is 7.11 Å². The van der Waals surface area contributed by atoms with E-state index in [0.29, 0.717) is 17.9 Å². The average Bonchev–Trinajstić information content (AvgIpc) is 2.37. The first-order chi connectivity index (χ1) is 8.58. The standard InChI is InChI=1S/C13H18BrNO3/c1-9(4-3-7-15)18-12-6-5-10(14)8-11(12)13(16)17-2/h5-6,8-9H,3-4,7,15H2,1-2H3/t9-/m1/s1. The number of carbonyl (C=O) groups excluding carboxylic acids is 1. The molecule has 1 rings (SSSR count). The lowest BCUT2D eigenvalue weighted by molar-refractivity contribution is 0.0593. The number of ether oxygens (including phenoxy) is 2. The van der Waals surface area contributed by atoms with E-state index in [2.05, 4.69) is 15.9 Å². The van der Waals surface area contributed by atoms with Crippen LogP contribution in [0, 0.1) is 0 Å². The Balaban J connectivity index is 2.84. The second kappa shape index (κ2) is 7.38. The Morgan fingerprint density at radius 1 is 1.50 bits per heavy atom. The van der Waals surface area contributed by atoms with Crippen molar-refractivity contribution in [2.24, 2.45) is 5.73 Å². The SMILES string of the molecule is COC(=O)c1cc(Br)ccc1O[C@H](C)CCCN. The van der Waals surface area contributed by atoms with Crippen molar-refractivity contribution in [1.82, 2.24) is 0 Å². The highest BCUT2D eigenvalue weighted by Gasteiger charge is 2.15. The van der Waals surface area contributed by atoms with Crippen molar-refractivity contribution in [3.63, 3.8) is 0 Å². The fourth-order valence-corrected chi connectivity index (χ4v) is 1.92. The summed E-state index contributed by atoms with van der Waals surface area (Å²) in [5.41, 5.74) is 5.88. The fraction of sp³-hybridized carbons (Fsp3) is 0.462. The van der Waals surface area contributed by atoms with Gasteiger partial charge in [-0.3, -0.25) is 0 Å². The van der Waals surface area contributed by atoms with Crippen molar-refractivity contribution in [3.8, 4) is 5.75 Å². The Hall–Kier alpha value is -1.07. The van der Waals surface area contributed by atoms with Gasteiger partial charge in [-0.2, -0.15) is 0 Å². The number of benzene rings is 1. The number of nitrogens with two attached hydrogens (primary N) is 1. The zero-order valence-corrected chi connectivity index (χ0v) is 12.2. The van der Waals surface area contributed by atoms with Crippen molar-refractivity contribution in [3.05, 3.63) is 28.2 Å². The van der Waals surface area contributed by atoms with Crippen LogP contribution in [0.25, 0.3) is 0 Å². The summed E-state index contributed by atoms with van der Waals surface area (Å²) in [4.78, 5) is 11.6. The van der Waals surface area contributed by atoms with Crippen molar-refractivity contribution < 1.29 is 14.3 Å². The van der Waals surface area contributed by atoms with Crippen LogP contribution in [-0.2, 0) is 4.74 Å². The molecule has 0 aliphatic rings. The van der Waals surface area contributed by atoms with Gasteiger partial charge >= 0.3 is 5.97 Å². The van der Waals surface area contributed by atoms with Gasteiger partial charge in [0.15, 0.2) is 0 Å². The molecule has 0 unspecified atom stereocenters. The largest absolute Gasteiger partial charge is 0.490 e. The van der Waals surface area contributed by atoms with E-state index in [9.17, 15) is 4.79 Å². The first-order valence-electron chi connectivity index (χ1n) is 5.83. The molecule has 0 heterocycles. The lowest BCUT2D eigenvalue weighted by atomic mass is 10.2. The summed E-state index contributed by atoms with van der Waals surface area (Å²) < 4.78 is 11.3. The number of hydrogen-bond donors (Lipinski definition) is 1. The summed E-state index contributed by atoms with van der Waals surface area (Å²) in [7, 11) is 1.35. The maximum absolute atomic E-state index is 11.6. The van der Waals surface area contributed by atoms with Gasteiger partial charge in [0, 0.05) is 4.47 Å². The molecular weight excluding hydrogens is 298 g/mol. The monoisotopic (exact) mass is 315 g/mol. The average molecular weight is 316 g/mol. The highest BCUT2D eigenvalue weighted by atomic mass is 79.9. The molecule has 2 N–H and O–H groups in total. The highest BCUT2D eigenvalue weighted by Crippen LogP contribution is 2.25. The van der Waals surface area contributed by atoms with Gasteiger partial charge in [0.2, 0.25) is 0 Å². The molecule has 0 bridgehead atoms. The maximum atomic E-state index is 11.6. The Kier molecular flexibility index (Phi) is 6.15. The van der Waals surface area contributed by atoms with E-state index in [1.54, 1.807) is 12.1 Å². The van der Waals surface area contributed by atoms with Gasteiger partial charge in [0.1, 0.15) is 11.3 Å². The molecule has 0 radical (unpaired) electrons. The molecule has 0 saturated carbocycles. The number of carbonyl (C=O) groups is 1. The third-order valence-corrected chi connectivity index (χ3v) is 2.98. The van der Waals surface area contributed by atoms with Crippen LogP contribution in [0.4, 0.5) is 0 Å². The molecule has 1 aromatic carbocycles. The van der Waals surface area contributed by atoms with Crippen molar-refractivity contribution in [2.45, 2.75) is 25.9 Å². The summed E-state index contributed by atoms with van der Waals surface area (Å²) in [6.07, 6.45) is 1.76. The molecule has 0 aromatic heterocycles. The molecule has 1 aromatic rings. The second-order valence-corrected chi connectivity index (χ2v) is 4.91. The zero-order valence-electron chi connectivity index (χ0n) is 10.6.